The monoisotopic (exact) mass is 281 g/mol. The van der Waals surface area contributed by atoms with Crippen molar-refractivity contribution in [2.75, 3.05) is 28.7 Å². The lowest BCUT2D eigenvalue weighted by Crippen LogP contribution is -2.47. The standard InChI is InChI=1S/C12H15N3O3S/c1-8-7-19(16,17)5-4-15(8)12-14-10-6-9(13)2-3-11(10)18-12/h2-3,6,8H,4-5,7,13H2,1H3. The van der Waals surface area contributed by atoms with Crippen molar-refractivity contribution in [2.45, 2.75) is 13.0 Å². The second-order valence-electron chi connectivity index (χ2n) is 4.88. The molecule has 7 heteroatoms. The molecule has 2 aromatic rings. The van der Waals surface area contributed by atoms with Gasteiger partial charge in [0.1, 0.15) is 5.52 Å². The molecule has 1 unspecified atom stereocenters. The lowest BCUT2D eigenvalue weighted by atomic mass is 10.3. The Balaban J connectivity index is 1.96. The van der Waals surface area contributed by atoms with Gasteiger partial charge in [-0.3, -0.25) is 0 Å². The van der Waals surface area contributed by atoms with Gasteiger partial charge in [-0.05, 0) is 25.1 Å². The van der Waals surface area contributed by atoms with Crippen LogP contribution in [0.5, 0.6) is 0 Å². The van der Waals surface area contributed by atoms with Crippen LogP contribution in [0.4, 0.5) is 11.7 Å². The van der Waals surface area contributed by atoms with Crippen LogP contribution in [-0.4, -0.2) is 37.5 Å². The van der Waals surface area contributed by atoms with Crippen molar-refractivity contribution >= 4 is 32.6 Å². The number of aromatic nitrogens is 1. The Kier molecular flexibility index (Phi) is 2.67. The fourth-order valence-corrected chi connectivity index (χ4v) is 3.89. The third-order valence-electron chi connectivity index (χ3n) is 3.32. The minimum absolute atomic E-state index is 0.133. The molecule has 0 radical (unpaired) electrons. The number of hydrogen-bond acceptors (Lipinski definition) is 6. The molecule has 6 nitrogen and oxygen atoms in total. The molecular weight excluding hydrogens is 266 g/mol. The summed E-state index contributed by atoms with van der Waals surface area (Å²) in [6.45, 7) is 2.27. The third-order valence-corrected chi connectivity index (χ3v) is 5.11. The van der Waals surface area contributed by atoms with Gasteiger partial charge in [-0.15, -0.1) is 0 Å². The van der Waals surface area contributed by atoms with E-state index in [0.717, 1.165) is 0 Å². The van der Waals surface area contributed by atoms with Crippen LogP contribution >= 0.6 is 0 Å². The molecule has 0 aliphatic carbocycles. The van der Waals surface area contributed by atoms with Gasteiger partial charge in [-0.1, -0.05) is 0 Å². The van der Waals surface area contributed by atoms with E-state index in [9.17, 15) is 8.42 Å². The number of rotatable bonds is 1. The zero-order valence-electron chi connectivity index (χ0n) is 10.5. The molecule has 1 aromatic heterocycles. The van der Waals surface area contributed by atoms with E-state index in [1.165, 1.54) is 0 Å². The molecule has 0 spiro atoms. The van der Waals surface area contributed by atoms with E-state index in [1.807, 2.05) is 11.8 Å². The highest BCUT2D eigenvalue weighted by Crippen LogP contribution is 2.26. The van der Waals surface area contributed by atoms with E-state index in [0.29, 0.717) is 29.3 Å². The lowest BCUT2D eigenvalue weighted by molar-refractivity contribution is 0.523. The number of nitrogens with two attached hydrogens (primary N) is 1. The molecule has 0 bridgehead atoms. The summed E-state index contributed by atoms with van der Waals surface area (Å²) in [6, 6.07) is 5.59. The van der Waals surface area contributed by atoms with Crippen molar-refractivity contribution in [1.82, 2.24) is 4.98 Å². The first-order chi connectivity index (χ1) is 8.94. The van der Waals surface area contributed by atoms with Gasteiger partial charge in [0, 0.05) is 18.3 Å². The van der Waals surface area contributed by atoms with Gasteiger partial charge in [-0.2, -0.15) is 4.98 Å². The summed E-state index contributed by atoms with van der Waals surface area (Å²) in [5, 5.41) is 0. The van der Waals surface area contributed by atoms with Gasteiger partial charge in [0.25, 0.3) is 6.01 Å². The first-order valence-electron chi connectivity index (χ1n) is 6.08. The van der Waals surface area contributed by atoms with E-state index >= 15 is 0 Å². The SMILES string of the molecule is CC1CS(=O)(=O)CCN1c1nc2cc(N)ccc2o1. The minimum Gasteiger partial charge on any atom is -0.423 e. The molecule has 19 heavy (non-hydrogen) atoms. The predicted molar refractivity (Wildman–Crippen MR) is 73.9 cm³/mol. The number of benzene rings is 1. The van der Waals surface area contributed by atoms with Crippen molar-refractivity contribution in [3.05, 3.63) is 18.2 Å². The molecule has 3 rings (SSSR count). The average molecular weight is 281 g/mol. The maximum atomic E-state index is 11.6. The Hall–Kier alpha value is -1.76. The van der Waals surface area contributed by atoms with Gasteiger partial charge >= 0.3 is 0 Å². The number of anilines is 2. The molecule has 0 saturated carbocycles. The highest BCUT2D eigenvalue weighted by molar-refractivity contribution is 7.91. The summed E-state index contributed by atoms with van der Waals surface area (Å²) in [7, 11) is -2.94. The first-order valence-corrected chi connectivity index (χ1v) is 7.90. The maximum absolute atomic E-state index is 11.6. The molecular formula is C12H15N3O3S. The maximum Gasteiger partial charge on any atom is 0.298 e. The topological polar surface area (TPSA) is 89.4 Å². The molecule has 1 fully saturated rings. The van der Waals surface area contributed by atoms with Gasteiger partial charge in [0.2, 0.25) is 0 Å². The highest BCUT2D eigenvalue weighted by Gasteiger charge is 2.30. The molecule has 1 saturated heterocycles. The third kappa shape index (κ3) is 2.25. The fourth-order valence-electron chi connectivity index (χ4n) is 2.34. The van der Waals surface area contributed by atoms with Gasteiger partial charge in [0.05, 0.1) is 11.5 Å². The van der Waals surface area contributed by atoms with Crippen molar-refractivity contribution < 1.29 is 12.8 Å². The zero-order chi connectivity index (χ0) is 13.6. The van der Waals surface area contributed by atoms with Crippen molar-refractivity contribution in [3.8, 4) is 0 Å². The normalized spacial score (nSPS) is 22.8. The molecule has 0 amide bonds. The summed E-state index contributed by atoms with van der Waals surface area (Å²) in [4.78, 5) is 6.27. The molecule has 1 aromatic carbocycles. The molecule has 1 aliphatic rings. The predicted octanol–water partition coefficient (Wildman–Crippen LogP) is 1.03. The number of oxazole rings is 1. The van der Waals surface area contributed by atoms with Crippen molar-refractivity contribution in [2.24, 2.45) is 0 Å². The number of hydrogen-bond donors (Lipinski definition) is 1. The first kappa shape index (κ1) is 12.3. The quantitative estimate of drug-likeness (QED) is 0.785. The molecule has 1 aliphatic heterocycles. The van der Waals surface area contributed by atoms with Gasteiger partial charge < -0.3 is 15.1 Å². The molecule has 102 valence electrons. The van der Waals surface area contributed by atoms with Crippen LogP contribution < -0.4 is 10.6 Å². The zero-order valence-corrected chi connectivity index (χ0v) is 11.4. The lowest BCUT2D eigenvalue weighted by Gasteiger charge is -2.31. The summed E-state index contributed by atoms with van der Waals surface area (Å²) in [5.41, 5.74) is 7.67. The van der Waals surface area contributed by atoms with Crippen LogP contribution in [0.2, 0.25) is 0 Å². The number of nitrogens with zero attached hydrogens (tertiary/aromatic N) is 2. The Labute approximate surface area is 111 Å². The van der Waals surface area contributed by atoms with Crippen molar-refractivity contribution in [3.63, 3.8) is 0 Å². The van der Waals surface area contributed by atoms with Crippen LogP contribution in [-0.2, 0) is 9.84 Å². The Morgan fingerprint density at radius 1 is 1.47 bits per heavy atom. The summed E-state index contributed by atoms with van der Waals surface area (Å²) in [5.74, 6) is 0.270. The van der Waals surface area contributed by atoms with E-state index in [1.54, 1.807) is 18.2 Å². The Morgan fingerprint density at radius 2 is 2.26 bits per heavy atom. The average Bonchev–Trinajstić information content (AvgIpc) is 2.70. The van der Waals surface area contributed by atoms with Crippen LogP contribution in [0, 0.1) is 0 Å². The molecule has 2 heterocycles. The van der Waals surface area contributed by atoms with Gasteiger partial charge in [0.15, 0.2) is 15.4 Å². The summed E-state index contributed by atoms with van der Waals surface area (Å²) >= 11 is 0. The second kappa shape index (κ2) is 4.12. The van der Waals surface area contributed by atoms with Gasteiger partial charge in [-0.25, -0.2) is 8.42 Å². The van der Waals surface area contributed by atoms with Crippen LogP contribution in [0.25, 0.3) is 11.1 Å². The Morgan fingerprint density at radius 3 is 3.00 bits per heavy atom. The van der Waals surface area contributed by atoms with E-state index < -0.39 is 9.84 Å². The summed E-state index contributed by atoms with van der Waals surface area (Å²) in [6.07, 6.45) is 0. The van der Waals surface area contributed by atoms with E-state index in [-0.39, 0.29) is 17.5 Å². The number of sulfone groups is 1. The van der Waals surface area contributed by atoms with Crippen LogP contribution in [0.15, 0.2) is 22.6 Å². The number of nitrogen functional groups attached to an aromatic ring is 1. The van der Waals surface area contributed by atoms with Crippen molar-refractivity contribution in [1.29, 1.82) is 0 Å². The largest absolute Gasteiger partial charge is 0.423 e. The van der Waals surface area contributed by atoms with Crippen LogP contribution in [0.3, 0.4) is 0 Å². The smallest absolute Gasteiger partial charge is 0.298 e. The fraction of sp³-hybridized carbons (Fsp3) is 0.417. The van der Waals surface area contributed by atoms with E-state index in [2.05, 4.69) is 4.98 Å². The minimum atomic E-state index is -2.94. The highest BCUT2D eigenvalue weighted by atomic mass is 32.2. The van der Waals surface area contributed by atoms with E-state index in [4.69, 9.17) is 10.2 Å². The molecule has 1 atom stereocenters. The summed E-state index contributed by atoms with van der Waals surface area (Å²) < 4.78 is 28.8. The van der Waals surface area contributed by atoms with Crippen LogP contribution in [0.1, 0.15) is 6.92 Å². The second-order valence-corrected chi connectivity index (χ2v) is 7.11. The number of fused-ring (bicyclic) bond motifs is 1. The Bertz CT molecular complexity index is 723. The molecule has 2 N–H and O–H groups in total.